The molecule has 1 fully saturated rings. The average molecular weight is 331 g/mol. The van der Waals surface area contributed by atoms with Crippen molar-refractivity contribution in [2.45, 2.75) is 72.0 Å². The van der Waals surface area contributed by atoms with Gasteiger partial charge in [-0.25, -0.2) is 4.98 Å². The SMILES string of the molecule is Cc1nccn1CC[C@H]1CCCCN1Cc1noc(CC(C)C)n1. The van der Waals surface area contributed by atoms with Gasteiger partial charge in [-0.05, 0) is 38.6 Å². The van der Waals surface area contributed by atoms with Crippen LogP contribution >= 0.6 is 0 Å². The van der Waals surface area contributed by atoms with E-state index in [1.165, 1.54) is 19.3 Å². The summed E-state index contributed by atoms with van der Waals surface area (Å²) in [4.78, 5) is 11.4. The van der Waals surface area contributed by atoms with Crippen molar-refractivity contribution in [3.63, 3.8) is 0 Å². The van der Waals surface area contributed by atoms with Crippen LogP contribution in [0.5, 0.6) is 0 Å². The van der Waals surface area contributed by atoms with Crippen LogP contribution in [0.2, 0.25) is 0 Å². The van der Waals surface area contributed by atoms with E-state index in [4.69, 9.17) is 4.52 Å². The van der Waals surface area contributed by atoms with E-state index >= 15 is 0 Å². The van der Waals surface area contributed by atoms with E-state index in [9.17, 15) is 0 Å². The van der Waals surface area contributed by atoms with Gasteiger partial charge in [0.05, 0.1) is 6.54 Å². The molecule has 1 aliphatic rings. The van der Waals surface area contributed by atoms with Gasteiger partial charge in [0, 0.05) is 31.4 Å². The molecule has 1 aliphatic heterocycles. The zero-order chi connectivity index (χ0) is 16.9. The van der Waals surface area contributed by atoms with Gasteiger partial charge in [0.2, 0.25) is 5.89 Å². The molecule has 0 bridgehead atoms. The van der Waals surface area contributed by atoms with Gasteiger partial charge >= 0.3 is 0 Å². The van der Waals surface area contributed by atoms with Crippen LogP contribution in [0.4, 0.5) is 0 Å². The monoisotopic (exact) mass is 331 g/mol. The standard InChI is InChI=1S/C18H29N5O/c1-14(2)12-18-20-17(21-24-18)13-23-9-5-4-6-16(23)7-10-22-11-8-19-15(22)3/h8,11,14,16H,4-7,9-10,12-13H2,1-3H3/t16-/m1/s1. The molecule has 2 aromatic rings. The lowest BCUT2D eigenvalue weighted by atomic mass is 9.99. The van der Waals surface area contributed by atoms with E-state index in [0.29, 0.717) is 12.0 Å². The Labute approximate surface area is 144 Å². The maximum absolute atomic E-state index is 5.39. The molecule has 3 rings (SSSR count). The highest BCUT2D eigenvalue weighted by Crippen LogP contribution is 2.22. The molecule has 0 unspecified atom stereocenters. The van der Waals surface area contributed by atoms with Crippen LogP contribution in [-0.4, -0.2) is 37.2 Å². The summed E-state index contributed by atoms with van der Waals surface area (Å²) in [5, 5.41) is 4.18. The van der Waals surface area contributed by atoms with Crippen molar-refractivity contribution in [3.8, 4) is 0 Å². The number of likely N-dealkylation sites (tertiary alicyclic amines) is 1. The average Bonchev–Trinajstić information content (AvgIpc) is 3.15. The van der Waals surface area contributed by atoms with Gasteiger partial charge in [0.1, 0.15) is 5.82 Å². The first-order valence-corrected chi connectivity index (χ1v) is 9.15. The van der Waals surface area contributed by atoms with Crippen molar-refractivity contribution < 1.29 is 4.52 Å². The maximum Gasteiger partial charge on any atom is 0.226 e. The van der Waals surface area contributed by atoms with Gasteiger partial charge in [-0.15, -0.1) is 0 Å². The Morgan fingerprint density at radius 3 is 2.96 bits per heavy atom. The van der Waals surface area contributed by atoms with E-state index in [-0.39, 0.29) is 0 Å². The van der Waals surface area contributed by atoms with Gasteiger partial charge in [0.15, 0.2) is 5.82 Å². The fourth-order valence-electron chi connectivity index (χ4n) is 3.49. The number of rotatable bonds is 7. The van der Waals surface area contributed by atoms with Crippen molar-refractivity contribution in [3.05, 3.63) is 29.9 Å². The Morgan fingerprint density at radius 2 is 2.21 bits per heavy atom. The molecule has 0 spiro atoms. The van der Waals surface area contributed by atoms with E-state index < -0.39 is 0 Å². The smallest absolute Gasteiger partial charge is 0.226 e. The predicted octanol–water partition coefficient (Wildman–Crippen LogP) is 3.22. The number of nitrogens with zero attached hydrogens (tertiary/aromatic N) is 5. The molecule has 0 saturated carbocycles. The zero-order valence-corrected chi connectivity index (χ0v) is 15.1. The Morgan fingerprint density at radius 1 is 1.33 bits per heavy atom. The highest BCUT2D eigenvalue weighted by atomic mass is 16.5. The van der Waals surface area contributed by atoms with E-state index in [1.54, 1.807) is 0 Å². The topological polar surface area (TPSA) is 60.0 Å². The molecule has 0 amide bonds. The van der Waals surface area contributed by atoms with Crippen LogP contribution in [0.1, 0.15) is 57.1 Å². The van der Waals surface area contributed by atoms with Crippen molar-refractivity contribution in [2.75, 3.05) is 6.54 Å². The number of hydrogen-bond acceptors (Lipinski definition) is 5. The van der Waals surface area contributed by atoms with E-state index in [0.717, 1.165) is 50.0 Å². The zero-order valence-electron chi connectivity index (χ0n) is 15.1. The van der Waals surface area contributed by atoms with Crippen LogP contribution < -0.4 is 0 Å². The van der Waals surface area contributed by atoms with Gasteiger partial charge in [-0.3, -0.25) is 4.90 Å². The summed E-state index contributed by atoms with van der Waals surface area (Å²) < 4.78 is 7.62. The Bertz CT molecular complexity index is 633. The van der Waals surface area contributed by atoms with E-state index in [2.05, 4.69) is 51.6 Å². The van der Waals surface area contributed by atoms with Crippen LogP contribution in [-0.2, 0) is 19.5 Å². The minimum Gasteiger partial charge on any atom is -0.339 e. The van der Waals surface area contributed by atoms with Gasteiger partial charge in [-0.1, -0.05) is 25.4 Å². The molecule has 0 aliphatic carbocycles. The number of imidazole rings is 1. The Kier molecular flexibility index (Phi) is 5.66. The third-order valence-electron chi connectivity index (χ3n) is 4.81. The molecule has 0 aromatic carbocycles. The maximum atomic E-state index is 5.39. The lowest BCUT2D eigenvalue weighted by molar-refractivity contribution is 0.123. The largest absolute Gasteiger partial charge is 0.339 e. The highest BCUT2D eigenvalue weighted by molar-refractivity contribution is 4.91. The molecular formula is C18H29N5O. The van der Waals surface area contributed by atoms with Crippen LogP contribution in [0.25, 0.3) is 0 Å². The molecule has 0 radical (unpaired) electrons. The van der Waals surface area contributed by atoms with Gasteiger partial charge < -0.3 is 9.09 Å². The fourth-order valence-corrected chi connectivity index (χ4v) is 3.49. The van der Waals surface area contributed by atoms with E-state index in [1.807, 2.05) is 6.20 Å². The summed E-state index contributed by atoms with van der Waals surface area (Å²) in [5.41, 5.74) is 0. The lowest BCUT2D eigenvalue weighted by Gasteiger charge is -2.35. The summed E-state index contributed by atoms with van der Waals surface area (Å²) >= 11 is 0. The van der Waals surface area contributed by atoms with Gasteiger partial charge in [-0.2, -0.15) is 4.98 Å². The molecule has 132 valence electrons. The molecule has 1 saturated heterocycles. The summed E-state index contributed by atoms with van der Waals surface area (Å²) in [6.07, 6.45) is 9.78. The summed E-state index contributed by atoms with van der Waals surface area (Å²) in [6.45, 7) is 9.36. The third kappa shape index (κ3) is 4.44. The van der Waals surface area contributed by atoms with Crippen molar-refractivity contribution >= 4 is 0 Å². The summed E-state index contributed by atoms with van der Waals surface area (Å²) in [6, 6.07) is 0.590. The minimum atomic E-state index is 0.541. The van der Waals surface area contributed by atoms with Gasteiger partial charge in [0.25, 0.3) is 0 Å². The number of piperidine rings is 1. The third-order valence-corrected chi connectivity index (χ3v) is 4.81. The fraction of sp³-hybridized carbons (Fsp3) is 0.722. The van der Waals surface area contributed by atoms with Crippen molar-refractivity contribution in [2.24, 2.45) is 5.92 Å². The second-order valence-corrected chi connectivity index (χ2v) is 7.28. The van der Waals surface area contributed by atoms with Crippen LogP contribution in [0, 0.1) is 12.8 Å². The molecule has 6 nitrogen and oxygen atoms in total. The predicted molar refractivity (Wildman–Crippen MR) is 92.5 cm³/mol. The number of hydrogen-bond donors (Lipinski definition) is 0. The summed E-state index contributed by atoms with van der Waals surface area (Å²) in [5.74, 6) is 3.23. The molecular weight excluding hydrogens is 302 g/mol. The molecule has 2 aromatic heterocycles. The molecule has 0 N–H and O–H groups in total. The normalized spacial score (nSPS) is 19.2. The first-order valence-electron chi connectivity index (χ1n) is 9.15. The summed E-state index contributed by atoms with van der Waals surface area (Å²) in [7, 11) is 0. The first-order chi connectivity index (χ1) is 11.6. The number of aryl methyl sites for hydroxylation is 2. The highest BCUT2D eigenvalue weighted by Gasteiger charge is 2.24. The minimum absolute atomic E-state index is 0.541. The first kappa shape index (κ1) is 17.1. The molecule has 1 atom stereocenters. The second kappa shape index (κ2) is 7.92. The lowest BCUT2D eigenvalue weighted by Crippen LogP contribution is -2.39. The molecule has 6 heteroatoms. The Balaban J connectivity index is 1.57. The van der Waals surface area contributed by atoms with Crippen LogP contribution in [0.3, 0.4) is 0 Å². The van der Waals surface area contributed by atoms with Crippen LogP contribution in [0.15, 0.2) is 16.9 Å². The second-order valence-electron chi connectivity index (χ2n) is 7.28. The van der Waals surface area contributed by atoms with Crippen molar-refractivity contribution in [1.29, 1.82) is 0 Å². The molecule has 3 heterocycles. The number of aromatic nitrogens is 4. The Hall–Kier alpha value is -1.69. The molecule has 24 heavy (non-hydrogen) atoms. The quantitative estimate of drug-likeness (QED) is 0.779. The van der Waals surface area contributed by atoms with Crippen molar-refractivity contribution in [1.82, 2.24) is 24.6 Å².